The predicted octanol–water partition coefficient (Wildman–Crippen LogP) is 5.03. The van der Waals surface area contributed by atoms with E-state index >= 15 is 0 Å². The van der Waals surface area contributed by atoms with Gasteiger partial charge >= 0.3 is 6.18 Å². The molecule has 1 aliphatic rings. The highest BCUT2D eigenvalue weighted by atomic mass is 19.4. The summed E-state index contributed by atoms with van der Waals surface area (Å²) >= 11 is 0. The molecule has 0 atom stereocenters. The Labute approximate surface area is 163 Å². The second-order valence-corrected chi connectivity index (χ2v) is 6.48. The lowest BCUT2D eigenvalue weighted by Crippen LogP contribution is -2.40. The number of anilines is 1. The molecule has 1 N–H and O–H groups in total. The normalized spacial score (nSPS) is 16.3. The molecule has 1 aromatic carbocycles. The van der Waals surface area contributed by atoms with Gasteiger partial charge in [-0.1, -0.05) is 19.2 Å². The van der Waals surface area contributed by atoms with E-state index in [9.17, 15) is 18.0 Å². The second-order valence-electron chi connectivity index (χ2n) is 6.48. The SMILES string of the molecule is C=CC(=O)N1CCC(/C(=N/C=C\C)C(=C)Nc2ccc(C(F)(F)F)cc2)CC1. The van der Waals surface area contributed by atoms with Gasteiger partial charge in [0.05, 0.1) is 17.0 Å². The molecule has 0 radical (unpaired) electrons. The van der Waals surface area contributed by atoms with Gasteiger partial charge in [-0.3, -0.25) is 9.79 Å². The Kier molecular flexibility index (Phi) is 7.20. The monoisotopic (exact) mass is 391 g/mol. The number of likely N-dealkylation sites (tertiary alicyclic amines) is 1. The molecular formula is C21H24F3N3O. The summed E-state index contributed by atoms with van der Waals surface area (Å²) in [7, 11) is 0. The molecule has 4 nitrogen and oxygen atoms in total. The van der Waals surface area contributed by atoms with Crippen LogP contribution in [0.25, 0.3) is 0 Å². The molecule has 0 aromatic heterocycles. The number of benzene rings is 1. The number of carbonyl (C=O) groups is 1. The van der Waals surface area contributed by atoms with Crippen molar-refractivity contribution in [3.8, 4) is 0 Å². The van der Waals surface area contributed by atoms with Crippen LogP contribution in [0.3, 0.4) is 0 Å². The smallest absolute Gasteiger partial charge is 0.355 e. The number of amides is 1. The summed E-state index contributed by atoms with van der Waals surface area (Å²) in [4.78, 5) is 18.0. The molecule has 150 valence electrons. The first-order valence-corrected chi connectivity index (χ1v) is 9.00. The third-order valence-corrected chi connectivity index (χ3v) is 4.55. The second kappa shape index (κ2) is 9.39. The highest BCUT2D eigenvalue weighted by Gasteiger charge is 2.30. The summed E-state index contributed by atoms with van der Waals surface area (Å²) in [6.07, 6.45) is 1.84. The van der Waals surface area contributed by atoms with Crippen LogP contribution in [0.15, 0.2) is 66.5 Å². The van der Waals surface area contributed by atoms with Crippen LogP contribution in [0.5, 0.6) is 0 Å². The number of hydrogen-bond acceptors (Lipinski definition) is 3. The summed E-state index contributed by atoms with van der Waals surface area (Å²) in [5.41, 5.74) is 1.08. The van der Waals surface area contributed by atoms with Crippen molar-refractivity contribution in [1.29, 1.82) is 0 Å². The number of rotatable bonds is 6. The van der Waals surface area contributed by atoms with Gasteiger partial charge in [-0.25, -0.2) is 0 Å². The maximum atomic E-state index is 12.7. The molecule has 2 rings (SSSR count). The van der Waals surface area contributed by atoms with Gasteiger partial charge < -0.3 is 10.2 Å². The quantitative estimate of drug-likeness (QED) is 0.546. The maximum Gasteiger partial charge on any atom is 0.416 e. The molecule has 1 aromatic rings. The van der Waals surface area contributed by atoms with Crippen LogP contribution < -0.4 is 5.32 Å². The fourth-order valence-corrected chi connectivity index (χ4v) is 3.07. The number of aliphatic imine (C=N–C) groups is 1. The molecule has 1 heterocycles. The lowest BCUT2D eigenvalue weighted by atomic mass is 9.90. The topological polar surface area (TPSA) is 44.7 Å². The van der Waals surface area contributed by atoms with E-state index in [0.717, 1.165) is 30.7 Å². The van der Waals surface area contributed by atoms with Gasteiger partial charge in [0.25, 0.3) is 0 Å². The molecule has 0 bridgehead atoms. The van der Waals surface area contributed by atoms with Gasteiger partial charge in [-0.2, -0.15) is 13.2 Å². The Hall–Kier alpha value is -2.83. The maximum absolute atomic E-state index is 12.7. The van der Waals surface area contributed by atoms with Crippen LogP contribution in [0.2, 0.25) is 0 Å². The van der Waals surface area contributed by atoms with Crippen molar-refractivity contribution < 1.29 is 18.0 Å². The average molecular weight is 391 g/mol. The number of piperidine rings is 1. The standard InChI is InChI=1S/C21H24F3N3O/c1-4-12-25-20(16-10-13-27(14-11-16)19(28)5-2)15(3)26-18-8-6-17(7-9-18)21(22,23)24/h4-9,12,16,26H,2-3,10-11,13-14H2,1H3/b12-4-,25-20+. The fourth-order valence-electron chi connectivity index (χ4n) is 3.07. The Balaban J connectivity index is 2.10. The van der Waals surface area contributed by atoms with Crippen LogP contribution in [0.1, 0.15) is 25.3 Å². The number of nitrogens with zero attached hydrogens (tertiary/aromatic N) is 2. The van der Waals surface area contributed by atoms with Gasteiger partial charge in [0, 0.05) is 30.9 Å². The molecule has 0 saturated carbocycles. The lowest BCUT2D eigenvalue weighted by Gasteiger charge is -2.32. The summed E-state index contributed by atoms with van der Waals surface area (Å²) < 4.78 is 38.1. The number of nitrogens with one attached hydrogen (secondary N) is 1. The fraction of sp³-hybridized carbons (Fsp3) is 0.333. The van der Waals surface area contributed by atoms with Crippen molar-refractivity contribution in [2.45, 2.75) is 25.9 Å². The molecule has 0 unspecified atom stereocenters. The average Bonchev–Trinajstić information content (AvgIpc) is 2.68. The van der Waals surface area contributed by atoms with Gasteiger partial charge in [-0.05, 0) is 50.1 Å². The van der Waals surface area contributed by atoms with Crippen LogP contribution in [0, 0.1) is 5.92 Å². The van der Waals surface area contributed by atoms with Crippen molar-refractivity contribution in [3.05, 3.63) is 67.0 Å². The predicted molar refractivity (Wildman–Crippen MR) is 106 cm³/mol. The molecule has 28 heavy (non-hydrogen) atoms. The van der Waals surface area contributed by atoms with E-state index in [4.69, 9.17) is 0 Å². The van der Waals surface area contributed by atoms with Crippen LogP contribution in [0.4, 0.5) is 18.9 Å². The number of alkyl halides is 3. The van der Waals surface area contributed by atoms with E-state index < -0.39 is 11.7 Å². The van der Waals surface area contributed by atoms with Crippen LogP contribution in [-0.4, -0.2) is 29.6 Å². The van der Waals surface area contributed by atoms with E-state index in [1.54, 1.807) is 17.2 Å². The van der Waals surface area contributed by atoms with Crippen molar-refractivity contribution in [2.75, 3.05) is 18.4 Å². The van der Waals surface area contributed by atoms with Crippen molar-refractivity contribution >= 4 is 17.3 Å². The van der Waals surface area contributed by atoms with Gasteiger partial charge in [0.1, 0.15) is 0 Å². The molecule has 1 aliphatic heterocycles. The molecule has 1 saturated heterocycles. The zero-order valence-electron chi connectivity index (χ0n) is 15.8. The zero-order chi connectivity index (χ0) is 20.7. The Morgan fingerprint density at radius 1 is 1.25 bits per heavy atom. The number of hydrogen-bond donors (Lipinski definition) is 1. The lowest BCUT2D eigenvalue weighted by molar-refractivity contribution is -0.137. The minimum Gasteiger partial charge on any atom is -0.355 e. The first-order valence-electron chi connectivity index (χ1n) is 9.00. The van der Waals surface area contributed by atoms with Gasteiger partial charge in [0.15, 0.2) is 0 Å². The Morgan fingerprint density at radius 3 is 2.36 bits per heavy atom. The van der Waals surface area contributed by atoms with Gasteiger partial charge in [-0.15, -0.1) is 0 Å². The highest BCUT2D eigenvalue weighted by molar-refractivity contribution is 6.04. The summed E-state index contributed by atoms with van der Waals surface area (Å²) in [6.45, 7) is 10.6. The Bertz CT molecular complexity index is 771. The van der Waals surface area contributed by atoms with E-state index in [1.807, 2.05) is 6.92 Å². The summed E-state index contributed by atoms with van der Waals surface area (Å²) in [5.74, 6) is 0.00612. The van der Waals surface area contributed by atoms with E-state index in [2.05, 4.69) is 23.5 Å². The Morgan fingerprint density at radius 2 is 1.86 bits per heavy atom. The molecule has 0 aliphatic carbocycles. The number of halogens is 3. The minimum absolute atomic E-state index is 0.0906. The summed E-state index contributed by atoms with van der Waals surface area (Å²) in [5, 5.41) is 3.05. The van der Waals surface area contributed by atoms with Crippen molar-refractivity contribution in [3.63, 3.8) is 0 Å². The van der Waals surface area contributed by atoms with E-state index in [0.29, 0.717) is 24.5 Å². The largest absolute Gasteiger partial charge is 0.416 e. The third-order valence-electron chi connectivity index (χ3n) is 4.55. The van der Waals surface area contributed by atoms with Gasteiger partial charge in [0.2, 0.25) is 5.91 Å². The van der Waals surface area contributed by atoms with Crippen LogP contribution >= 0.6 is 0 Å². The van der Waals surface area contributed by atoms with Crippen molar-refractivity contribution in [1.82, 2.24) is 4.90 Å². The number of carbonyl (C=O) groups excluding carboxylic acids is 1. The molecular weight excluding hydrogens is 367 g/mol. The zero-order valence-corrected chi connectivity index (χ0v) is 15.8. The van der Waals surface area contributed by atoms with E-state index in [1.165, 1.54) is 18.2 Å². The third kappa shape index (κ3) is 5.58. The molecule has 1 fully saturated rings. The molecule has 0 spiro atoms. The minimum atomic E-state index is -4.37. The van der Waals surface area contributed by atoms with E-state index in [-0.39, 0.29) is 11.8 Å². The molecule has 7 heteroatoms. The van der Waals surface area contributed by atoms with Crippen molar-refractivity contribution in [2.24, 2.45) is 10.9 Å². The van der Waals surface area contributed by atoms with Crippen LogP contribution in [-0.2, 0) is 11.0 Å². The highest BCUT2D eigenvalue weighted by Crippen LogP contribution is 2.30. The first kappa shape index (κ1) is 21.5. The first-order chi connectivity index (χ1) is 13.3. The molecule has 1 amide bonds. The number of allylic oxidation sites excluding steroid dienone is 2. The summed E-state index contributed by atoms with van der Waals surface area (Å²) in [6, 6.07) is 4.79.